The summed E-state index contributed by atoms with van der Waals surface area (Å²) in [6.45, 7) is 0. The molecule has 0 bridgehead atoms. The Kier molecular flexibility index (Phi) is 3.81. The Bertz CT molecular complexity index is 717. The highest BCUT2D eigenvalue weighted by Gasteiger charge is 2.12. The fourth-order valence-electron chi connectivity index (χ4n) is 1.97. The second-order valence-corrected chi connectivity index (χ2v) is 4.24. The van der Waals surface area contributed by atoms with Gasteiger partial charge in [-0.1, -0.05) is 12.1 Å². The van der Waals surface area contributed by atoms with Gasteiger partial charge in [0.1, 0.15) is 11.6 Å². The molecule has 2 nitrogen and oxygen atoms in total. The number of hydrogen-bond donors (Lipinski definition) is 1. The number of primary amides is 1. The molecule has 0 spiro atoms. The Balaban J connectivity index is 2.57. The van der Waals surface area contributed by atoms with Crippen molar-refractivity contribution in [2.24, 2.45) is 5.73 Å². The number of benzene rings is 2. The zero-order valence-corrected chi connectivity index (χ0v) is 10.5. The maximum absolute atomic E-state index is 14.1. The number of nitrogens with two attached hydrogens (primary N) is 1. The lowest BCUT2D eigenvalue weighted by molar-refractivity contribution is 0.1000. The van der Waals surface area contributed by atoms with Crippen molar-refractivity contribution in [3.63, 3.8) is 0 Å². The number of hydrogen-bond acceptors (Lipinski definition) is 1. The highest BCUT2D eigenvalue weighted by atomic mass is 19.1. The Hall–Kier alpha value is -2.67. The highest BCUT2D eigenvalue weighted by Crippen LogP contribution is 2.28. The van der Waals surface area contributed by atoms with Crippen molar-refractivity contribution in [3.05, 3.63) is 59.2 Å². The van der Waals surface area contributed by atoms with E-state index in [0.29, 0.717) is 11.1 Å². The molecule has 0 heterocycles. The molecule has 2 aromatic carbocycles. The summed E-state index contributed by atoms with van der Waals surface area (Å²) < 4.78 is 27.3. The molecule has 0 fully saturated rings. The first kappa shape index (κ1) is 13.8. The molecule has 4 heteroatoms. The number of rotatable bonds is 3. The highest BCUT2D eigenvalue weighted by molar-refractivity contribution is 5.93. The van der Waals surface area contributed by atoms with Crippen molar-refractivity contribution >= 4 is 5.91 Å². The van der Waals surface area contributed by atoms with Crippen LogP contribution in [0.5, 0.6) is 0 Å². The maximum Gasteiger partial charge on any atom is 0.248 e. The van der Waals surface area contributed by atoms with Crippen molar-refractivity contribution in [2.45, 2.75) is 6.42 Å². The smallest absolute Gasteiger partial charge is 0.248 e. The predicted molar refractivity (Wildman–Crippen MR) is 72.8 cm³/mol. The second kappa shape index (κ2) is 5.54. The van der Waals surface area contributed by atoms with Crippen LogP contribution in [-0.2, 0) is 6.42 Å². The molecule has 0 saturated heterocycles. The average Bonchev–Trinajstić information content (AvgIpc) is 2.40. The Morgan fingerprint density at radius 2 is 1.85 bits per heavy atom. The Labute approximate surface area is 115 Å². The quantitative estimate of drug-likeness (QED) is 0.857. The van der Waals surface area contributed by atoms with E-state index in [-0.39, 0.29) is 17.5 Å². The minimum atomic E-state index is -0.710. The number of carbonyl (C=O) groups is 1. The van der Waals surface area contributed by atoms with Gasteiger partial charge in [0, 0.05) is 17.5 Å². The van der Waals surface area contributed by atoms with Crippen molar-refractivity contribution in [1.82, 2.24) is 0 Å². The lowest BCUT2D eigenvalue weighted by atomic mass is 9.96. The van der Waals surface area contributed by atoms with Crippen molar-refractivity contribution < 1.29 is 13.6 Å². The van der Waals surface area contributed by atoms with E-state index in [2.05, 4.69) is 5.92 Å². The first-order valence-electron chi connectivity index (χ1n) is 5.84. The molecule has 100 valence electrons. The molecule has 0 radical (unpaired) electrons. The minimum Gasteiger partial charge on any atom is -0.366 e. The average molecular weight is 271 g/mol. The second-order valence-electron chi connectivity index (χ2n) is 4.24. The fourth-order valence-corrected chi connectivity index (χ4v) is 1.97. The lowest BCUT2D eigenvalue weighted by Gasteiger charge is -2.09. The van der Waals surface area contributed by atoms with Crippen LogP contribution >= 0.6 is 0 Å². The van der Waals surface area contributed by atoms with E-state index in [1.54, 1.807) is 0 Å². The van der Waals surface area contributed by atoms with E-state index in [0.717, 1.165) is 6.07 Å². The van der Waals surface area contributed by atoms with Gasteiger partial charge in [-0.15, -0.1) is 12.3 Å². The summed E-state index contributed by atoms with van der Waals surface area (Å²) in [5.41, 5.74) is 6.42. The van der Waals surface area contributed by atoms with E-state index < -0.39 is 17.5 Å². The number of terminal acetylenes is 1. The summed E-state index contributed by atoms with van der Waals surface area (Å²) in [6, 6.07) is 7.88. The van der Waals surface area contributed by atoms with Gasteiger partial charge in [-0.3, -0.25) is 4.79 Å². The van der Waals surface area contributed by atoms with Gasteiger partial charge in [0.05, 0.1) is 0 Å². The SMILES string of the molecule is C#CCc1cc(F)ccc1-c1ccc(C(N)=O)cc1F. The molecule has 0 aromatic heterocycles. The van der Waals surface area contributed by atoms with Gasteiger partial charge in [0.15, 0.2) is 0 Å². The summed E-state index contributed by atoms with van der Waals surface area (Å²) in [4.78, 5) is 11.0. The minimum absolute atomic E-state index is 0.0758. The molecular weight excluding hydrogens is 260 g/mol. The molecule has 0 saturated carbocycles. The third-order valence-electron chi connectivity index (χ3n) is 2.90. The van der Waals surface area contributed by atoms with E-state index in [4.69, 9.17) is 12.2 Å². The Morgan fingerprint density at radius 3 is 2.45 bits per heavy atom. The van der Waals surface area contributed by atoms with Crippen molar-refractivity contribution in [1.29, 1.82) is 0 Å². The van der Waals surface area contributed by atoms with Crippen LogP contribution in [0.1, 0.15) is 15.9 Å². The van der Waals surface area contributed by atoms with E-state index >= 15 is 0 Å². The van der Waals surface area contributed by atoms with Crippen LogP contribution in [0.4, 0.5) is 8.78 Å². The summed E-state index contributed by atoms with van der Waals surface area (Å²) in [6.07, 6.45) is 5.42. The summed E-state index contributed by atoms with van der Waals surface area (Å²) in [5.74, 6) is 0.655. The normalized spacial score (nSPS) is 10.1. The third-order valence-corrected chi connectivity index (χ3v) is 2.90. The van der Waals surface area contributed by atoms with Crippen molar-refractivity contribution in [2.75, 3.05) is 0 Å². The standard InChI is InChI=1S/C16H11F2NO/c1-2-3-10-8-12(17)5-7-13(10)14-6-4-11(16(19)20)9-15(14)18/h1,4-9H,3H2,(H2,19,20). The van der Waals surface area contributed by atoms with Crippen LogP contribution in [0.15, 0.2) is 36.4 Å². The van der Waals surface area contributed by atoms with Gasteiger partial charge < -0.3 is 5.73 Å². The molecule has 0 aliphatic rings. The third kappa shape index (κ3) is 2.67. The molecular formula is C16H11F2NO. The first-order chi connectivity index (χ1) is 9.52. The molecule has 0 aliphatic carbocycles. The van der Waals surface area contributed by atoms with Crippen LogP contribution in [0, 0.1) is 24.0 Å². The van der Waals surface area contributed by atoms with Gasteiger partial charge in [-0.05, 0) is 35.4 Å². The van der Waals surface area contributed by atoms with Crippen LogP contribution < -0.4 is 5.73 Å². The molecule has 20 heavy (non-hydrogen) atoms. The van der Waals surface area contributed by atoms with Crippen LogP contribution in [0.3, 0.4) is 0 Å². The van der Waals surface area contributed by atoms with Crippen molar-refractivity contribution in [3.8, 4) is 23.5 Å². The Morgan fingerprint density at radius 1 is 1.15 bits per heavy atom. The van der Waals surface area contributed by atoms with Crippen LogP contribution in [0.2, 0.25) is 0 Å². The first-order valence-corrected chi connectivity index (χ1v) is 5.84. The number of carbonyl (C=O) groups excluding carboxylic acids is 1. The monoisotopic (exact) mass is 271 g/mol. The van der Waals surface area contributed by atoms with Crippen LogP contribution in [-0.4, -0.2) is 5.91 Å². The zero-order chi connectivity index (χ0) is 14.7. The van der Waals surface area contributed by atoms with Gasteiger partial charge in [-0.25, -0.2) is 8.78 Å². The zero-order valence-electron chi connectivity index (χ0n) is 10.5. The van der Waals surface area contributed by atoms with E-state index in [9.17, 15) is 13.6 Å². The largest absolute Gasteiger partial charge is 0.366 e. The lowest BCUT2D eigenvalue weighted by Crippen LogP contribution is -2.11. The number of amides is 1. The van der Waals surface area contributed by atoms with Crippen LogP contribution in [0.25, 0.3) is 11.1 Å². The maximum atomic E-state index is 14.1. The van der Waals surface area contributed by atoms with Gasteiger partial charge in [0.25, 0.3) is 0 Å². The molecule has 0 atom stereocenters. The van der Waals surface area contributed by atoms with Gasteiger partial charge >= 0.3 is 0 Å². The molecule has 2 rings (SSSR count). The van der Waals surface area contributed by atoms with E-state index in [1.807, 2.05) is 0 Å². The molecule has 2 aromatic rings. The van der Waals surface area contributed by atoms with Gasteiger partial charge in [0.2, 0.25) is 5.91 Å². The van der Waals surface area contributed by atoms with Gasteiger partial charge in [-0.2, -0.15) is 0 Å². The fraction of sp³-hybridized carbons (Fsp3) is 0.0625. The molecule has 0 unspecified atom stereocenters. The topological polar surface area (TPSA) is 43.1 Å². The summed E-state index contributed by atoms with van der Waals surface area (Å²) >= 11 is 0. The molecule has 1 amide bonds. The van der Waals surface area contributed by atoms with E-state index in [1.165, 1.54) is 30.3 Å². The molecule has 2 N–H and O–H groups in total. The summed E-state index contributed by atoms with van der Waals surface area (Å²) in [5, 5.41) is 0. The number of halogens is 2. The predicted octanol–water partition coefficient (Wildman–Crippen LogP) is 2.91. The molecule has 0 aliphatic heterocycles. The summed E-state index contributed by atoms with van der Waals surface area (Å²) in [7, 11) is 0.